The lowest BCUT2D eigenvalue weighted by molar-refractivity contribution is 0.356. The van der Waals surface area contributed by atoms with Crippen LogP contribution in [0.1, 0.15) is 5.56 Å². The molecule has 1 aromatic heterocycles. The molecule has 0 aliphatic rings. The third-order valence-electron chi connectivity index (χ3n) is 3.96. The largest absolute Gasteiger partial charge is 0.493 e. The van der Waals surface area contributed by atoms with Crippen LogP contribution in [-0.2, 0) is 6.54 Å². The Kier molecular flexibility index (Phi) is 4.75. The molecule has 0 aliphatic carbocycles. The minimum Gasteiger partial charge on any atom is -0.493 e. The van der Waals surface area contributed by atoms with Gasteiger partial charge in [0.1, 0.15) is 5.82 Å². The van der Waals surface area contributed by atoms with Crippen LogP contribution in [0.15, 0.2) is 30.3 Å². The van der Waals surface area contributed by atoms with Crippen LogP contribution in [0.3, 0.4) is 0 Å². The second-order valence-corrected chi connectivity index (χ2v) is 5.74. The first-order chi connectivity index (χ1) is 12.4. The van der Waals surface area contributed by atoms with Crippen molar-refractivity contribution in [3.63, 3.8) is 0 Å². The van der Waals surface area contributed by atoms with Crippen LogP contribution in [0.4, 0.5) is 20.5 Å². The number of ether oxygens (including phenoxy) is 2. The molecule has 6 nitrogen and oxygen atoms in total. The fraction of sp³-hybridized carbons (Fsp3) is 0.222. The molecule has 0 saturated carbocycles. The predicted molar refractivity (Wildman–Crippen MR) is 95.5 cm³/mol. The first kappa shape index (κ1) is 17.7. The Balaban J connectivity index is 1.97. The average molecular weight is 360 g/mol. The summed E-state index contributed by atoms with van der Waals surface area (Å²) >= 11 is 0. The van der Waals surface area contributed by atoms with Crippen LogP contribution in [-0.4, -0.2) is 31.2 Å². The number of rotatable bonds is 5. The van der Waals surface area contributed by atoms with E-state index in [1.165, 1.54) is 20.3 Å². The van der Waals surface area contributed by atoms with Gasteiger partial charge in [-0.3, -0.25) is 0 Å². The lowest BCUT2D eigenvalue weighted by Crippen LogP contribution is -2.20. The van der Waals surface area contributed by atoms with Gasteiger partial charge in [0.2, 0.25) is 5.95 Å². The smallest absolute Gasteiger partial charge is 0.227 e. The lowest BCUT2D eigenvalue weighted by atomic mass is 10.2. The minimum atomic E-state index is -0.897. The number of fused-ring (bicyclic) bond motifs is 1. The molecule has 0 amide bonds. The number of anilines is 2. The number of hydrogen-bond donors (Lipinski definition) is 1. The van der Waals surface area contributed by atoms with Crippen LogP contribution in [0, 0.1) is 11.6 Å². The van der Waals surface area contributed by atoms with E-state index in [9.17, 15) is 8.78 Å². The highest BCUT2D eigenvalue weighted by Crippen LogP contribution is 2.34. The van der Waals surface area contributed by atoms with Gasteiger partial charge in [-0.25, -0.2) is 13.8 Å². The Morgan fingerprint density at radius 2 is 1.69 bits per heavy atom. The van der Waals surface area contributed by atoms with Gasteiger partial charge in [0.25, 0.3) is 0 Å². The van der Waals surface area contributed by atoms with Crippen molar-refractivity contribution in [1.82, 2.24) is 9.97 Å². The third kappa shape index (κ3) is 3.30. The molecule has 0 bridgehead atoms. The maximum absolute atomic E-state index is 13.4. The summed E-state index contributed by atoms with van der Waals surface area (Å²) < 4.78 is 37.0. The zero-order chi connectivity index (χ0) is 18.8. The topological polar surface area (TPSA) is 73.5 Å². The summed E-state index contributed by atoms with van der Waals surface area (Å²) in [6.45, 7) is 0.287. The molecule has 136 valence electrons. The quantitative estimate of drug-likeness (QED) is 0.754. The van der Waals surface area contributed by atoms with E-state index in [-0.39, 0.29) is 12.4 Å². The van der Waals surface area contributed by atoms with Crippen LogP contribution in [0.5, 0.6) is 11.5 Å². The number of methoxy groups -OCH3 is 2. The Morgan fingerprint density at radius 3 is 2.35 bits per heavy atom. The third-order valence-corrected chi connectivity index (χ3v) is 3.96. The molecule has 0 saturated heterocycles. The van der Waals surface area contributed by atoms with Crippen molar-refractivity contribution in [2.75, 3.05) is 31.9 Å². The van der Waals surface area contributed by atoms with Gasteiger partial charge in [-0.1, -0.05) is 6.07 Å². The van der Waals surface area contributed by atoms with Crippen LogP contribution in [0.25, 0.3) is 10.9 Å². The van der Waals surface area contributed by atoms with Crippen molar-refractivity contribution in [3.8, 4) is 11.5 Å². The standard InChI is InChI=1S/C18H18F2N4O2/c1-24(9-10-4-5-12(19)13(20)6-10)18-22-14-8-16(26-3)15(25-2)7-11(14)17(21)23-18/h4-8H,9H2,1-3H3,(H2,21,22,23). The molecule has 8 heteroatoms. The van der Waals surface area contributed by atoms with Crippen molar-refractivity contribution >= 4 is 22.7 Å². The minimum absolute atomic E-state index is 0.281. The summed E-state index contributed by atoms with van der Waals surface area (Å²) in [5.41, 5.74) is 7.23. The summed E-state index contributed by atoms with van der Waals surface area (Å²) in [7, 11) is 4.80. The molecule has 0 unspecified atom stereocenters. The fourth-order valence-corrected chi connectivity index (χ4v) is 2.62. The number of aromatic nitrogens is 2. The van der Waals surface area contributed by atoms with E-state index in [0.717, 1.165) is 12.1 Å². The zero-order valence-corrected chi connectivity index (χ0v) is 14.6. The molecule has 26 heavy (non-hydrogen) atoms. The van der Waals surface area contributed by atoms with E-state index in [1.807, 2.05) is 0 Å². The number of nitrogens with two attached hydrogens (primary N) is 1. The van der Waals surface area contributed by atoms with E-state index in [4.69, 9.17) is 15.2 Å². The lowest BCUT2D eigenvalue weighted by Gasteiger charge is -2.19. The van der Waals surface area contributed by atoms with Crippen molar-refractivity contribution in [3.05, 3.63) is 47.5 Å². The van der Waals surface area contributed by atoms with E-state index < -0.39 is 11.6 Å². The predicted octanol–water partition coefficient (Wildman–Crippen LogP) is 3.14. The van der Waals surface area contributed by atoms with Crippen molar-refractivity contribution < 1.29 is 18.3 Å². The van der Waals surface area contributed by atoms with E-state index in [2.05, 4.69) is 9.97 Å². The number of nitrogens with zero attached hydrogens (tertiary/aromatic N) is 3. The molecule has 1 heterocycles. The summed E-state index contributed by atoms with van der Waals surface area (Å²) in [6.07, 6.45) is 0. The zero-order valence-electron chi connectivity index (χ0n) is 14.6. The average Bonchev–Trinajstić information content (AvgIpc) is 2.63. The molecule has 0 atom stereocenters. The van der Waals surface area contributed by atoms with Gasteiger partial charge in [-0.2, -0.15) is 4.98 Å². The Morgan fingerprint density at radius 1 is 1.00 bits per heavy atom. The normalized spacial score (nSPS) is 10.8. The molecule has 0 aliphatic heterocycles. The first-order valence-electron chi connectivity index (χ1n) is 7.77. The van der Waals surface area contributed by atoms with Gasteiger partial charge in [0.05, 0.1) is 19.7 Å². The van der Waals surface area contributed by atoms with Crippen LogP contribution >= 0.6 is 0 Å². The van der Waals surface area contributed by atoms with Crippen molar-refractivity contribution in [2.24, 2.45) is 0 Å². The second-order valence-electron chi connectivity index (χ2n) is 5.74. The maximum atomic E-state index is 13.4. The number of halogens is 2. The molecular formula is C18H18F2N4O2. The fourth-order valence-electron chi connectivity index (χ4n) is 2.62. The molecular weight excluding hydrogens is 342 g/mol. The Hall–Kier alpha value is -3.16. The molecule has 2 aromatic carbocycles. The van der Waals surface area contributed by atoms with Crippen molar-refractivity contribution in [1.29, 1.82) is 0 Å². The summed E-state index contributed by atoms with van der Waals surface area (Å²) in [6, 6.07) is 7.16. The number of benzene rings is 2. The van der Waals surface area contributed by atoms with Crippen molar-refractivity contribution in [2.45, 2.75) is 6.54 Å². The highest BCUT2D eigenvalue weighted by atomic mass is 19.2. The molecule has 0 radical (unpaired) electrons. The van der Waals surface area contributed by atoms with E-state index in [0.29, 0.717) is 33.9 Å². The van der Waals surface area contributed by atoms with Gasteiger partial charge >= 0.3 is 0 Å². The van der Waals surface area contributed by atoms with E-state index in [1.54, 1.807) is 24.1 Å². The first-order valence-corrected chi connectivity index (χ1v) is 7.77. The molecule has 0 spiro atoms. The van der Waals surface area contributed by atoms with Gasteiger partial charge < -0.3 is 20.1 Å². The number of hydrogen-bond acceptors (Lipinski definition) is 6. The summed E-state index contributed by atoms with van der Waals surface area (Å²) in [5, 5.41) is 0.632. The maximum Gasteiger partial charge on any atom is 0.227 e. The number of nitrogen functional groups attached to an aromatic ring is 1. The summed E-state index contributed by atoms with van der Waals surface area (Å²) in [4.78, 5) is 10.5. The molecule has 3 rings (SSSR count). The second kappa shape index (κ2) is 6.99. The molecule has 3 aromatic rings. The van der Waals surface area contributed by atoms with Gasteiger partial charge in [-0.05, 0) is 23.8 Å². The highest BCUT2D eigenvalue weighted by molar-refractivity contribution is 5.91. The van der Waals surface area contributed by atoms with Gasteiger partial charge in [-0.15, -0.1) is 0 Å². The van der Waals surface area contributed by atoms with Crippen LogP contribution < -0.4 is 20.1 Å². The summed E-state index contributed by atoms with van der Waals surface area (Å²) in [5.74, 6) is -0.101. The van der Waals surface area contributed by atoms with Crippen LogP contribution in [0.2, 0.25) is 0 Å². The van der Waals surface area contributed by atoms with Gasteiger partial charge in [0.15, 0.2) is 23.1 Å². The molecule has 0 fully saturated rings. The monoisotopic (exact) mass is 360 g/mol. The highest BCUT2D eigenvalue weighted by Gasteiger charge is 2.14. The van der Waals surface area contributed by atoms with Gasteiger partial charge in [0, 0.05) is 25.0 Å². The Bertz CT molecular complexity index is 966. The molecule has 2 N–H and O–H groups in total. The van der Waals surface area contributed by atoms with E-state index >= 15 is 0 Å². The SMILES string of the molecule is COc1cc2nc(N(C)Cc3ccc(F)c(F)c3)nc(N)c2cc1OC. The Labute approximate surface area is 149 Å².